The van der Waals surface area contributed by atoms with Gasteiger partial charge in [0.1, 0.15) is 5.56 Å². The van der Waals surface area contributed by atoms with Crippen molar-refractivity contribution < 1.29 is 4.79 Å². The molecule has 21 heavy (non-hydrogen) atoms. The zero-order valence-corrected chi connectivity index (χ0v) is 13.1. The molecule has 0 aliphatic carbocycles. The molecule has 0 bridgehead atoms. The van der Waals surface area contributed by atoms with Crippen molar-refractivity contribution in [1.82, 2.24) is 15.2 Å². The summed E-state index contributed by atoms with van der Waals surface area (Å²) in [6.45, 7) is 8.51. The van der Waals surface area contributed by atoms with Crippen molar-refractivity contribution in [2.24, 2.45) is 5.92 Å². The molecule has 2 rings (SSSR count). The van der Waals surface area contributed by atoms with Crippen molar-refractivity contribution in [2.45, 2.75) is 39.7 Å². The average molecular weight is 291 g/mol. The van der Waals surface area contributed by atoms with Crippen molar-refractivity contribution >= 4 is 5.91 Å². The van der Waals surface area contributed by atoms with Gasteiger partial charge in [0.05, 0.1) is 0 Å². The van der Waals surface area contributed by atoms with E-state index in [0.29, 0.717) is 12.5 Å². The summed E-state index contributed by atoms with van der Waals surface area (Å²) in [5.41, 5.74) is 0.703. The molecule has 5 nitrogen and oxygen atoms in total. The number of amides is 1. The van der Waals surface area contributed by atoms with Gasteiger partial charge < -0.3 is 15.2 Å². The van der Waals surface area contributed by atoms with E-state index in [4.69, 9.17) is 0 Å². The molecule has 1 atom stereocenters. The quantitative estimate of drug-likeness (QED) is 0.884. The highest BCUT2D eigenvalue weighted by molar-refractivity contribution is 5.94. The SMILES string of the molecule is Cc1ccc(C(=O)N(CC2CCCNC2)C(C)C)c(=O)[nH]1. The van der Waals surface area contributed by atoms with Gasteiger partial charge in [-0.05, 0) is 64.8 Å². The summed E-state index contributed by atoms with van der Waals surface area (Å²) in [5.74, 6) is 0.298. The molecule has 1 fully saturated rings. The van der Waals surface area contributed by atoms with Gasteiger partial charge in [0.25, 0.3) is 11.5 Å². The second-order valence-electron chi connectivity index (χ2n) is 6.15. The first kappa shape index (κ1) is 15.8. The third kappa shape index (κ3) is 3.94. The highest BCUT2D eigenvalue weighted by Gasteiger charge is 2.25. The van der Waals surface area contributed by atoms with E-state index in [2.05, 4.69) is 10.3 Å². The first-order valence-corrected chi connectivity index (χ1v) is 7.70. The summed E-state index contributed by atoms with van der Waals surface area (Å²) in [7, 11) is 0. The number of carbonyl (C=O) groups is 1. The van der Waals surface area contributed by atoms with Gasteiger partial charge in [-0.1, -0.05) is 0 Å². The van der Waals surface area contributed by atoms with Crippen molar-refractivity contribution in [3.8, 4) is 0 Å². The fourth-order valence-electron chi connectivity index (χ4n) is 2.78. The Balaban J connectivity index is 2.16. The Kier molecular flexibility index (Phi) is 5.17. The molecule has 1 aromatic heterocycles. The van der Waals surface area contributed by atoms with Crippen molar-refractivity contribution in [3.05, 3.63) is 33.7 Å². The summed E-state index contributed by atoms with van der Waals surface area (Å²) in [4.78, 5) is 29.2. The first-order chi connectivity index (χ1) is 9.99. The largest absolute Gasteiger partial charge is 0.336 e. The molecular weight excluding hydrogens is 266 g/mol. The molecule has 116 valence electrons. The van der Waals surface area contributed by atoms with Crippen LogP contribution >= 0.6 is 0 Å². The number of rotatable bonds is 4. The van der Waals surface area contributed by atoms with Crippen LogP contribution in [0.3, 0.4) is 0 Å². The summed E-state index contributed by atoms with van der Waals surface area (Å²) < 4.78 is 0. The van der Waals surface area contributed by atoms with Crippen LogP contribution in [0.4, 0.5) is 0 Å². The van der Waals surface area contributed by atoms with Gasteiger partial charge in [-0.3, -0.25) is 9.59 Å². The molecule has 1 aliphatic heterocycles. The number of aromatic nitrogens is 1. The Bertz CT molecular complexity index is 545. The van der Waals surface area contributed by atoms with Gasteiger partial charge >= 0.3 is 0 Å². The van der Waals surface area contributed by atoms with Crippen molar-refractivity contribution in [1.29, 1.82) is 0 Å². The number of nitrogens with one attached hydrogen (secondary N) is 2. The predicted octanol–water partition coefficient (Wildman–Crippen LogP) is 1.53. The van der Waals surface area contributed by atoms with Crippen LogP contribution in [-0.2, 0) is 0 Å². The summed E-state index contributed by atoms with van der Waals surface area (Å²) in [6, 6.07) is 3.49. The number of H-pyrrole nitrogens is 1. The minimum absolute atomic E-state index is 0.0835. The van der Waals surface area contributed by atoms with Gasteiger partial charge in [0.15, 0.2) is 0 Å². The highest BCUT2D eigenvalue weighted by Crippen LogP contribution is 2.15. The molecule has 0 radical (unpaired) electrons. The molecule has 2 N–H and O–H groups in total. The van der Waals surface area contributed by atoms with Crippen LogP contribution in [0.1, 0.15) is 42.7 Å². The third-order valence-electron chi connectivity index (χ3n) is 4.02. The molecular formula is C16H25N3O2. The lowest BCUT2D eigenvalue weighted by molar-refractivity contribution is 0.0659. The second-order valence-corrected chi connectivity index (χ2v) is 6.15. The Morgan fingerprint density at radius 3 is 2.76 bits per heavy atom. The number of piperidine rings is 1. The van der Waals surface area contributed by atoms with Gasteiger partial charge in [0.2, 0.25) is 0 Å². The van der Waals surface area contributed by atoms with E-state index in [9.17, 15) is 9.59 Å². The molecule has 1 saturated heterocycles. The van der Waals surface area contributed by atoms with Crippen LogP contribution in [0.2, 0.25) is 0 Å². The number of hydrogen-bond acceptors (Lipinski definition) is 3. The van der Waals surface area contributed by atoms with E-state index in [1.54, 1.807) is 12.1 Å². The predicted molar refractivity (Wildman–Crippen MR) is 83.6 cm³/mol. The molecule has 0 aromatic carbocycles. The second kappa shape index (κ2) is 6.89. The zero-order chi connectivity index (χ0) is 15.4. The lowest BCUT2D eigenvalue weighted by Crippen LogP contribution is -2.45. The van der Waals surface area contributed by atoms with Gasteiger partial charge in [0, 0.05) is 18.3 Å². The molecule has 1 aliphatic rings. The molecule has 1 unspecified atom stereocenters. The van der Waals surface area contributed by atoms with E-state index >= 15 is 0 Å². The third-order valence-corrected chi connectivity index (χ3v) is 4.02. The van der Waals surface area contributed by atoms with Gasteiger partial charge in [-0.25, -0.2) is 0 Å². The van der Waals surface area contributed by atoms with Gasteiger partial charge in [-0.2, -0.15) is 0 Å². The number of nitrogens with zero attached hydrogens (tertiary/aromatic N) is 1. The smallest absolute Gasteiger partial charge is 0.260 e. The zero-order valence-electron chi connectivity index (χ0n) is 13.1. The normalized spacial score (nSPS) is 18.8. The van der Waals surface area contributed by atoms with Crippen LogP contribution in [0.5, 0.6) is 0 Å². The summed E-state index contributed by atoms with van der Waals surface area (Å²) in [5, 5.41) is 3.37. The molecule has 0 saturated carbocycles. The number of carbonyl (C=O) groups excluding carboxylic acids is 1. The summed E-state index contributed by atoms with van der Waals surface area (Å²) >= 11 is 0. The molecule has 2 heterocycles. The lowest BCUT2D eigenvalue weighted by Gasteiger charge is -2.32. The van der Waals surface area contributed by atoms with Crippen LogP contribution in [0.25, 0.3) is 0 Å². The standard InChI is InChI=1S/C16H25N3O2/c1-11(2)19(10-13-5-4-8-17-9-13)16(21)14-7-6-12(3)18-15(14)20/h6-7,11,13,17H,4-5,8-10H2,1-3H3,(H,18,20). The van der Waals surface area contributed by atoms with Crippen molar-refractivity contribution in [3.63, 3.8) is 0 Å². The maximum absolute atomic E-state index is 12.7. The number of hydrogen-bond donors (Lipinski definition) is 2. The van der Waals surface area contributed by atoms with Crippen LogP contribution in [-0.4, -0.2) is 41.5 Å². The lowest BCUT2D eigenvalue weighted by atomic mass is 9.98. The molecule has 5 heteroatoms. The minimum Gasteiger partial charge on any atom is -0.336 e. The molecule has 0 spiro atoms. The highest BCUT2D eigenvalue weighted by atomic mass is 16.2. The Hall–Kier alpha value is -1.62. The van der Waals surface area contributed by atoms with E-state index in [1.165, 1.54) is 0 Å². The Morgan fingerprint density at radius 2 is 2.19 bits per heavy atom. The van der Waals surface area contributed by atoms with Gasteiger partial charge in [-0.15, -0.1) is 0 Å². The van der Waals surface area contributed by atoms with E-state index < -0.39 is 0 Å². The number of aromatic amines is 1. The van der Waals surface area contributed by atoms with E-state index in [0.717, 1.165) is 31.6 Å². The number of aryl methyl sites for hydroxylation is 1. The fourth-order valence-corrected chi connectivity index (χ4v) is 2.78. The maximum atomic E-state index is 12.7. The minimum atomic E-state index is -0.299. The van der Waals surface area contributed by atoms with Crippen LogP contribution < -0.4 is 10.9 Å². The topological polar surface area (TPSA) is 65.2 Å². The average Bonchev–Trinajstić information content (AvgIpc) is 2.45. The number of pyridine rings is 1. The molecule has 1 amide bonds. The Morgan fingerprint density at radius 1 is 1.43 bits per heavy atom. The summed E-state index contributed by atoms with van der Waals surface area (Å²) in [6.07, 6.45) is 2.28. The maximum Gasteiger partial charge on any atom is 0.260 e. The van der Waals surface area contributed by atoms with Crippen molar-refractivity contribution in [2.75, 3.05) is 19.6 Å². The van der Waals surface area contributed by atoms with Crippen LogP contribution in [0, 0.1) is 12.8 Å². The van der Waals surface area contributed by atoms with E-state index in [1.807, 2.05) is 25.7 Å². The fraction of sp³-hybridized carbons (Fsp3) is 0.625. The molecule has 1 aromatic rings. The monoisotopic (exact) mass is 291 g/mol. The van der Waals surface area contributed by atoms with Crippen LogP contribution in [0.15, 0.2) is 16.9 Å². The first-order valence-electron chi connectivity index (χ1n) is 7.70. The Labute approximate surface area is 125 Å². The van der Waals surface area contributed by atoms with E-state index in [-0.39, 0.29) is 23.1 Å².